The molecule has 14 heteroatoms. The SMILES string of the molecule is COCCOCCOCCOc1cc(I)c(C(=O)NCCNC(=O)CCCCC2SCC3NC(=O)NC32)cc1I. The van der Waals surface area contributed by atoms with Gasteiger partial charge < -0.3 is 40.2 Å². The largest absolute Gasteiger partial charge is 0.490 e. The van der Waals surface area contributed by atoms with Crippen LogP contribution in [0.2, 0.25) is 0 Å². The van der Waals surface area contributed by atoms with Gasteiger partial charge in [-0.15, -0.1) is 0 Å². The number of carbonyl (C=O) groups is 3. The Morgan fingerprint density at radius 3 is 2.48 bits per heavy atom. The number of nitrogens with one attached hydrogen (secondary N) is 4. The first-order chi connectivity index (χ1) is 19.4. The van der Waals surface area contributed by atoms with Crippen molar-refractivity contribution in [3.8, 4) is 5.75 Å². The molecule has 4 amide bonds. The Bertz CT molecular complexity index is 991. The Balaban J connectivity index is 1.24. The van der Waals surface area contributed by atoms with Crippen molar-refractivity contribution in [1.82, 2.24) is 21.3 Å². The van der Waals surface area contributed by atoms with Crippen LogP contribution in [0.25, 0.3) is 0 Å². The van der Waals surface area contributed by atoms with Crippen LogP contribution in [0.15, 0.2) is 12.1 Å². The van der Waals surface area contributed by atoms with E-state index in [0.717, 1.165) is 32.2 Å². The van der Waals surface area contributed by atoms with Crippen LogP contribution in [0.4, 0.5) is 4.79 Å². The van der Waals surface area contributed by atoms with E-state index in [-0.39, 0.29) is 29.9 Å². The number of unbranched alkanes of at least 4 members (excludes halogenated alkanes) is 1. The zero-order chi connectivity index (χ0) is 28.7. The van der Waals surface area contributed by atoms with Gasteiger partial charge in [0.05, 0.1) is 54.3 Å². The molecule has 0 radical (unpaired) electrons. The minimum atomic E-state index is -0.194. The maximum atomic E-state index is 12.7. The first kappa shape index (κ1) is 33.4. The Morgan fingerprint density at radius 2 is 1.70 bits per heavy atom. The fraction of sp³-hybridized carbons (Fsp3) is 0.654. The number of thioether (sulfide) groups is 1. The molecule has 1 aromatic rings. The molecule has 1 aromatic carbocycles. The maximum Gasteiger partial charge on any atom is 0.315 e. The summed E-state index contributed by atoms with van der Waals surface area (Å²) in [7, 11) is 1.63. The highest BCUT2D eigenvalue weighted by Crippen LogP contribution is 2.33. The van der Waals surface area contributed by atoms with Crippen molar-refractivity contribution in [3.05, 3.63) is 24.8 Å². The van der Waals surface area contributed by atoms with Crippen molar-refractivity contribution in [2.45, 2.75) is 43.0 Å². The topological polar surface area (TPSA) is 136 Å². The third-order valence-electron chi connectivity index (χ3n) is 6.37. The average Bonchev–Trinajstić information content (AvgIpc) is 3.48. The summed E-state index contributed by atoms with van der Waals surface area (Å²) in [5, 5.41) is 12.1. The summed E-state index contributed by atoms with van der Waals surface area (Å²) in [5.74, 6) is 1.43. The molecule has 2 saturated heterocycles. The van der Waals surface area contributed by atoms with Gasteiger partial charge in [0.25, 0.3) is 5.91 Å². The number of carbonyl (C=O) groups excluding carboxylic acids is 3. The number of amides is 4. The monoisotopic (exact) mass is 804 g/mol. The molecule has 0 bridgehead atoms. The number of rotatable bonds is 19. The number of hydrogen-bond acceptors (Lipinski definition) is 8. The molecular formula is C26H38I2N4O7S. The van der Waals surface area contributed by atoms with Crippen LogP contribution in [-0.2, 0) is 19.0 Å². The molecule has 2 fully saturated rings. The van der Waals surface area contributed by atoms with E-state index >= 15 is 0 Å². The van der Waals surface area contributed by atoms with E-state index in [2.05, 4.69) is 66.4 Å². The zero-order valence-electron chi connectivity index (χ0n) is 22.6. The van der Waals surface area contributed by atoms with Gasteiger partial charge in [-0.05, 0) is 70.2 Å². The third kappa shape index (κ3) is 11.3. The number of fused-ring (bicyclic) bond motifs is 1. The first-order valence-electron chi connectivity index (χ1n) is 13.4. The van der Waals surface area contributed by atoms with E-state index in [1.165, 1.54) is 0 Å². The van der Waals surface area contributed by atoms with Crippen molar-refractivity contribution < 1.29 is 33.3 Å². The minimum Gasteiger partial charge on any atom is -0.490 e. The second-order valence-electron chi connectivity index (χ2n) is 9.30. The van der Waals surface area contributed by atoms with E-state index in [9.17, 15) is 14.4 Å². The van der Waals surface area contributed by atoms with Gasteiger partial charge in [-0.2, -0.15) is 11.8 Å². The summed E-state index contributed by atoms with van der Waals surface area (Å²) in [4.78, 5) is 36.4. The fourth-order valence-electron chi connectivity index (χ4n) is 4.32. The standard InChI is InChI=1S/C26H38I2N4O7S/c1-36-8-9-37-10-11-38-12-13-39-21-15-18(27)17(14-19(21)28)25(34)30-7-6-29-23(33)5-3-2-4-22-24-20(16-40-22)31-26(35)32-24/h14-15,20,22,24H,2-13,16H2,1H3,(H,29,33)(H,30,34)(H2,31,32,35). The van der Waals surface area contributed by atoms with Crippen LogP contribution < -0.4 is 26.0 Å². The Hall–Kier alpha value is -1.08. The molecule has 3 atom stereocenters. The smallest absolute Gasteiger partial charge is 0.315 e. The molecule has 11 nitrogen and oxygen atoms in total. The fourth-order valence-corrected chi connectivity index (χ4v) is 7.17. The number of hydrogen-bond donors (Lipinski definition) is 4. The van der Waals surface area contributed by atoms with E-state index in [4.69, 9.17) is 18.9 Å². The summed E-state index contributed by atoms with van der Waals surface area (Å²) < 4.78 is 23.2. The Kier molecular flexibility index (Phi) is 15.4. The normalized spacial score (nSPS) is 19.6. The molecule has 0 saturated carbocycles. The Morgan fingerprint density at radius 1 is 0.975 bits per heavy atom. The molecule has 0 aliphatic carbocycles. The first-order valence-corrected chi connectivity index (χ1v) is 16.6. The van der Waals surface area contributed by atoms with Crippen molar-refractivity contribution in [2.24, 2.45) is 0 Å². The van der Waals surface area contributed by atoms with Gasteiger partial charge >= 0.3 is 6.03 Å². The molecule has 0 spiro atoms. The second kappa shape index (κ2) is 18.5. The Labute approximate surface area is 267 Å². The van der Waals surface area contributed by atoms with Gasteiger partial charge in [-0.3, -0.25) is 9.59 Å². The molecule has 3 rings (SSSR count). The summed E-state index contributed by atoms with van der Waals surface area (Å²) in [6.45, 7) is 3.65. The molecule has 2 heterocycles. The number of benzene rings is 1. The van der Waals surface area contributed by atoms with Crippen molar-refractivity contribution in [1.29, 1.82) is 0 Å². The quantitative estimate of drug-likeness (QED) is 0.0953. The third-order valence-corrected chi connectivity index (χ3v) is 9.61. The second-order valence-corrected chi connectivity index (χ2v) is 12.9. The molecule has 0 aromatic heterocycles. The summed E-state index contributed by atoms with van der Waals surface area (Å²) in [6.07, 6.45) is 3.18. The highest BCUT2D eigenvalue weighted by molar-refractivity contribution is 14.1. The number of urea groups is 1. The van der Waals surface area contributed by atoms with Gasteiger partial charge in [-0.25, -0.2) is 4.79 Å². The van der Waals surface area contributed by atoms with Crippen molar-refractivity contribution >= 4 is 74.8 Å². The minimum absolute atomic E-state index is 0.0183. The van der Waals surface area contributed by atoms with E-state index < -0.39 is 0 Å². The summed E-state index contributed by atoms with van der Waals surface area (Å²) in [6, 6.07) is 4.00. The van der Waals surface area contributed by atoms with E-state index in [0.29, 0.717) is 75.7 Å². The lowest BCUT2D eigenvalue weighted by molar-refractivity contribution is -0.121. The predicted molar refractivity (Wildman–Crippen MR) is 170 cm³/mol. The van der Waals surface area contributed by atoms with Crippen LogP contribution in [0.5, 0.6) is 5.75 Å². The number of ether oxygens (including phenoxy) is 4. The van der Waals surface area contributed by atoms with E-state index in [1.54, 1.807) is 13.2 Å². The molecule has 4 N–H and O–H groups in total. The van der Waals surface area contributed by atoms with Crippen LogP contribution in [-0.4, -0.2) is 101 Å². The van der Waals surface area contributed by atoms with Gasteiger partial charge in [0, 0.05) is 41.2 Å². The van der Waals surface area contributed by atoms with Crippen LogP contribution >= 0.6 is 56.9 Å². The lowest BCUT2D eigenvalue weighted by atomic mass is 10.0. The van der Waals surface area contributed by atoms with E-state index in [1.807, 2.05) is 17.8 Å². The summed E-state index contributed by atoms with van der Waals surface area (Å²) in [5.41, 5.74) is 0.564. The van der Waals surface area contributed by atoms with Gasteiger partial charge in [-0.1, -0.05) is 6.42 Å². The molecule has 40 heavy (non-hydrogen) atoms. The van der Waals surface area contributed by atoms with Crippen LogP contribution in [0.1, 0.15) is 36.0 Å². The lowest BCUT2D eigenvalue weighted by Crippen LogP contribution is -2.36. The lowest BCUT2D eigenvalue weighted by Gasteiger charge is -2.16. The van der Waals surface area contributed by atoms with Crippen LogP contribution in [0.3, 0.4) is 0 Å². The molecular weight excluding hydrogens is 766 g/mol. The highest BCUT2D eigenvalue weighted by Gasteiger charge is 2.42. The van der Waals surface area contributed by atoms with Gasteiger partial charge in [0.1, 0.15) is 12.4 Å². The molecule has 2 aliphatic rings. The van der Waals surface area contributed by atoms with Crippen molar-refractivity contribution in [3.63, 3.8) is 0 Å². The van der Waals surface area contributed by atoms with Gasteiger partial charge in [0.15, 0.2) is 0 Å². The predicted octanol–water partition coefficient (Wildman–Crippen LogP) is 2.53. The zero-order valence-corrected chi connectivity index (χ0v) is 27.7. The number of halogens is 2. The average molecular weight is 804 g/mol. The molecule has 224 valence electrons. The molecule has 3 unspecified atom stereocenters. The van der Waals surface area contributed by atoms with Gasteiger partial charge in [0.2, 0.25) is 5.91 Å². The summed E-state index contributed by atoms with van der Waals surface area (Å²) >= 11 is 6.16. The van der Waals surface area contributed by atoms with Crippen LogP contribution in [0, 0.1) is 7.14 Å². The molecule has 2 aliphatic heterocycles. The number of methoxy groups -OCH3 is 1. The highest BCUT2D eigenvalue weighted by atomic mass is 127. The maximum absolute atomic E-state index is 12.7. The van der Waals surface area contributed by atoms with Crippen molar-refractivity contribution in [2.75, 3.05) is 65.6 Å².